The van der Waals surface area contributed by atoms with Gasteiger partial charge in [-0.3, -0.25) is 0 Å². The lowest BCUT2D eigenvalue weighted by Gasteiger charge is -2.06. The zero-order valence-corrected chi connectivity index (χ0v) is 10.9. The van der Waals surface area contributed by atoms with Gasteiger partial charge in [0.05, 0.1) is 6.04 Å². The molecule has 0 aliphatic heterocycles. The summed E-state index contributed by atoms with van der Waals surface area (Å²) in [7, 11) is 0. The highest BCUT2D eigenvalue weighted by Crippen LogP contribution is 2.21. The van der Waals surface area contributed by atoms with Gasteiger partial charge in [-0.15, -0.1) is 5.10 Å². The van der Waals surface area contributed by atoms with Crippen LogP contribution < -0.4 is 10.6 Å². The first-order valence-corrected chi connectivity index (χ1v) is 5.99. The van der Waals surface area contributed by atoms with E-state index in [4.69, 9.17) is 4.42 Å². The maximum atomic E-state index is 13.0. The predicted molar refractivity (Wildman–Crippen MR) is 66.0 cm³/mol. The Hall–Kier alpha value is -2.09. The van der Waals surface area contributed by atoms with Gasteiger partial charge >= 0.3 is 6.01 Å². The molecule has 1 aromatic carbocycles. The molecular weight excluding hydrogens is 273 g/mol. The molecule has 2 aromatic rings. The summed E-state index contributed by atoms with van der Waals surface area (Å²) < 4.78 is 44.2. The van der Waals surface area contributed by atoms with Gasteiger partial charge in [-0.25, -0.2) is 13.2 Å². The topological polar surface area (TPSA) is 63.0 Å². The number of anilines is 2. The molecule has 0 saturated carbocycles. The van der Waals surface area contributed by atoms with Crippen LogP contribution in [0.25, 0.3) is 0 Å². The van der Waals surface area contributed by atoms with Crippen molar-refractivity contribution in [2.45, 2.75) is 19.9 Å². The molecule has 0 fully saturated rings. The Morgan fingerprint density at radius 3 is 2.45 bits per heavy atom. The Bertz CT molecular complexity index is 579. The van der Waals surface area contributed by atoms with Crippen LogP contribution in [-0.4, -0.2) is 16.7 Å². The molecule has 0 bridgehead atoms. The van der Waals surface area contributed by atoms with E-state index in [9.17, 15) is 13.2 Å². The summed E-state index contributed by atoms with van der Waals surface area (Å²) >= 11 is 0. The average molecular weight is 286 g/mol. The van der Waals surface area contributed by atoms with Crippen LogP contribution in [0.5, 0.6) is 0 Å². The number of hydrogen-bond donors (Lipinski definition) is 2. The van der Waals surface area contributed by atoms with Crippen molar-refractivity contribution in [2.75, 3.05) is 11.9 Å². The quantitative estimate of drug-likeness (QED) is 0.827. The molecule has 0 aliphatic rings. The Morgan fingerprint density at radius 1 is 1.20 bits per heavy atom. The van der Waals surface area contributed by atoms with Crippen LogP contribution in [0.1, 0.15) is 25.8 Å². The van der Waals surface area contributed by atoms with E-state index in [0.29, 0.717) is 5.89 Å². The van der Waals surface area contributed by atoms with E-state index >= 15 is 0 Å². The molecule has 0 saturated heterocycles. The molecule has 8 heteroatoms. The highest BCUT2D eigenvalue weighted by atomic mass is 19.2. The largest absolute Gasteiger partial charge is 0.406 e. The number of hydrogen-bond acceptors (Lipinski definition) is 5. The van der Waals surface area contributed by atoms with E-state index in [1.54, 1.807) is 0 Å². The number of aromatic nitrogens is 2. The highest BCUT2D eigenvalue weighted by Gasteiger charge is 2.15. The second kappa shape index (κ2) is 5.91. The highest BCUT2D eigenvalue weighted by molar-refractivity contribution is 5.52. The van der Waals surface area contributed by atoms with Gasteiger partial charge in [0.25, 0.3) is 0 Å². The van der Waals surface area contributed by atoms with E-state index in [1.165, 1.54) is 0 Å². The lowest BCUT2D eigenvalue weighted by atomic mass is 10.3. The maximum Gasteiger partial charge on any atom is 0.320 e. The summed E-state index contributed by atoms with van der Waals surface area (Å²) in [6.45, 7) is 4.48. The van der Waals surface area contributed by atoms with E-state index in [0.717, 1.165) is 18.7 Å². The van der Waals surface area contributed by atoms with E-state index < -0.39 is 17.5 Å². The first kappa shape index (κ1) is 14.3. The minimum atomic E-state index is -1.53. The van der Waals surface area contributed by atoms with Crippen LogP contribution >= 0.6 is 0 Å². The van der Waals surface area contributed by atoms with Gasteiger partial charge in [-0.1, -0.05) is 12.0 Å². The van der Waals surface area contributed by atoms with Crippen LogP contribution in [0.4, 0.5) is 24.9 Å². The van der Waals surface area contributed by atoms with Crippen molar-refractivity contribution < 1.29 is 17.6 Å². The molecule has 1 unspecified atom stereocenters. The second-order valence-corrected chi connectivity index (χ2v) is 4.10. The van der Waals surface area contributed by atoms with Gasteiger partial charge in [-0.05, 0) is 13.5 Å². The maximum absolute atomic E-state index is 13.0. The van der Waals surface area contributed by atoms with Gasteiger partial charge in [0.2, 0.25) is 5.89 Å². The van der Waals surface area contributed by atoms with Gasteiger partial charge in [0.15, 0.2) is 17.5 Å². The minimum Gasteiger partial charge on any atom is -0.406 e. The van der Waals surface area contributed by atoms with E-state index in [2.05, 4.69) is 20.8 Å². The van der Waals surface area contributed by atoms with Crippen molar-refractivity contribution in [1.29, 1.82) is 0 Å². The molecule has 5 nitrogen and oxygen atoms in total. The van der Waals surface area contributed by atoms with Gasteiger partial charge in [-0.2, -0.15) is 0 Å². The standard InChI is InChI=1S/C12H13F3N4O/c1-3-16-6(2)11-18-19-12(20-11)17-7-4-8(13)10(15)9(14)5-7/h4-6,16H,3H2,1-2H3,(H,17,19). The average Bonchev–Trinajstić information content (AvgIpc) is 2.85. The summed E-state index contributed by atoms with van der Waals surface area (Å²) in [5.74, 6) is -3.79. The fraction of sp³-hybridized carbons (Fsp3) is 0.333. The van der Waals surface area contributed by atoms with Gasteiger partial charge < -0.3 is 15.1 Å². The third-order valence-corrected chi connectivity index (χ3v) is 2.56. The number of rotatable bonds is 5. The van der Waals surface area contributed by atoms with Crippen LogP contribution in [0.15, 0.2) is 16.5 Å². The van der Waals surface area contributed by atoms with Crippen molar-refractivity contribution in [3.8, 4) is 0 Å². The molecule has 1 heterocycles. The Kier molecular flexibility index (Phi) is 4.23. The molecule has 20 heavy (non-hydrogen) atoms. The first-order valence-electron chi connectivity index (χ1n) is 5.99. The number of nitrogens with zero attached hydrogens (tertiary/aromatic N) is 2. The van der Waals surface area contributed by atoms with E-state index in [1.807, 2.05) is 13.8 Å². The third kappa shape index (κ3) is 3.08. The zero-order chi connectivity index (χ0) is 14.7. The van der Waals surface area contributed by atoms with Gasteiger partial charge in [0.1, 0.15) is 0 Å². The number of benzene rings is 1. The predicted octanol–water partition coefficient (Wildman–Crippen LogP) is 2.90. The minimum absolute atomic E-state index is 0.0206. The van der Waals surface area contributed by atoms with Crippen LogP contribution in [-0.2, 0) is 0 Å². The molecule has 2 rings (SSSR count). The van der Waals surface area contributed by atoms with E-state index in [-0.39, 0.29) is 17.7 Å². The summed E-state index contributed by atoms with van der Waals surface area (Å²) in [5.41, 5.74) is -0.0206. The zero-order valence-electron chi connectivity index (χ0n) is 10.9. The molecule has 2 N–H and O–H groups in total. The molecule has 0 amide bonds. The second-order valence-electron chi connectivity index (χ2n) is 4.10. The molecule has 1 aromatic heterocycles. The van der Waals surface area contributed by atoms with Crippen molar-refractivity contribution in [2.24, 2.45) is 0 Å². The Balaban J connectivity index is 2.14. The third-order valence-electron chi connectivity index (χ3n) is 2.56. The normalized spacial score (nSPS) is 12.4. The number of halogens is 3. The molecular formula is C12H13F3N4O. The Labute approximate surface area is 113 Å². The smallest absolute Gasteiger partial charge is 0.320 e. The number of nitrogens with one attached hydrogen (secondary N) is 2. The SMILES string of the molecule is CCNC(C)c1nnc(Nc2cc(F)c(F)c(F)c2)o1. The van der Waals surface area contributed by atoms with Crippen LogP contribution in [0.3, 0.4) is 0 Å². The van der Waals surface area contributed by atoms with Gasteiger partial charge in [0, 0.05) is 17.8 Å². The fourth-order valence-electron chi connectivity index (χ4n) is 1.60. The molecule has 0 aliphatic carbocycles. The molecule has 0 radical (unpaired) electrons. The fourth-order valence-corrected chi connectivity index (χ4v) is 1.60. The van der Waals surface area contributed by atoms with Crippen LogP contribution in [0, 0.1) is 17.5 Å². The van der Waals surface area contributed by atoms with Crippen LogP contribution in [0.2, 0.25) is 0 Å². The Morgan fingerprint density at radius 2 is 1.85 bits per heavy atom. The summed E-state index contributed by atoms with van der Waals surface area (Å²) in [6, 6.07) is 1.42. The summed E-state index contributed by atoms with van der Waals surface area (Å²) in [5, 5.41) is 13.1. The monoisotopic (exact) mass is 286 g/mol. The van der Waals surface area contributed by atoms with Crippen molar-refractivity contribution >= 4 is 11.7 Å². The van der Waals surface area contributed by atoms with Crippen molar-refractivity contribution in [3.05, 3.63) is 35.5 Å². The first-order chi connectivity index (χ1) is 9.51. The molecule has 108 valence electrons. The molecule has 1 atom stereocenters. The lowest BCUT2D eigenvalue weighted by molar-refractivity contribution is 0.430. The van der Waals surface area contributed by atoms with Crippen molar-refractivity contribution in [1.82, 2.24) is 15.5 Å². The summed E-state index contributed by atoms with van der Waals surface area (Å²) in [4.78, 5) is 0. The molecule has 0 spiro atoms. The van der Waals surface area contributed by atoms with Crippen molar-refractivity contribution in [3.63, 3.8) is 0 Å². The summed E-state index contributed by atoms with van der Waals surface area (Å²) in [6.07, 6.45) is 0. The lowest BCUT2D eigenvalue weighted by Crippen LogP contribution is -2.17.